The minimum Gasteiger partial charge on any atom is -0.381 e. The third-order valence-corrected chi connectivity index (χ3v) is 7.22. The summed E-state index contributed by atoms with van der Waals surface area (Å²) in [5.74, 6) is 0. The van der Waals surface area contributed by atoms with Crippen LogP contribution in [-0.4, -0.2) is 45.5 Å². The van der Waals surface area contributed by atoms with Crippen molar-refractivity contribution in [3.63, 3.8) is 0 Å². The van der Waals surface area contributed by atoms with Crippen molar-refractivity contribution in [3.8, 4) is 0 Å². The van der Waals surface area contributed by atoms with Crippen LogP contribution in [0.1, 0.15) is 122 Å². The van der Waals surface area contributed by atoms with Crippen LogP contribution in [0.3, 0.4) is 0 Å². The number of nitrogens with one attached hydrogen (secondary N) is 1. The van der Waals surface area contributed by atoms with Crippen molar-refractivity contribution in [1.82, 2.24) is 9.55 Å². The van der Waals surface area contributed by atoms with Gasteiger partial charge in [-0.25, -0.2) is 4.79 Å². The van der Waals surface area contributed by atoms with E-state index in [1.807, 2.05) is 0 Å². The highest BCUT2D eigenvalue weighted by molar-refractivity contribution is 7.51. The Bertz CT molecular complexity index is 865. The fourth-order valence-corrected chi connectivity index (χ4v) is 4.83. The molecule has 0 aliphatic heterocycles. The van der Waals surface area contributed by atoms with Gasteiger partial charge in [0.15, 0.2) is 0 Å². The Hall–Kier alpha value is -1.25. The lowest BCUT2D eigenvalue weighted by Crippen LogP contribution is -2.32. The van der Waals surface area contributed by atoms with Gasteiger partial charge in [-0.2, -0.15) is 0 Å². The Morgan fingerprint density at radius 2 is 1.24 bits per heavy atom. The van der Waals surface area contributed by atoms with Gasteiger partial charge in [-0.15, -0.1) is 0 Å². The molecule has 0 radical (unpaired) electrons. The fourth-order valence-electron chi connectivity index (χ4n) is 4.46. The summed E-state index contributed by atoms with van der Waals surface area (Å²) >= 11 is 0. The molecule has 0 aliphatic carbocycles. The lowest BCUT2D eigenvalue weighted by molar-refractivity contribution is 0.127. The quantitative estimate of drug-likeness (QED) is 0.0950. The molecular weight excluding hydrogens is 507 g/mol. The Balaban J connectivity index is 1.97. The van der Waals surface area contributed by atoms with Gasteiger partial charge >= 0.3 is 13.3 Å². The van der Waals surface area contributed by atoms with E-state index in [1.54, 1.807) is 0 Å². The molecule has 0 amide bonds. The zero-order valence-corrected chi connectivity index (χ0v) is 24.6. The van der Waals surface area contributed by atoms with Crippen molar-refractivity contribution in [3.05, 3.63) is 32.6 Å². The number of aromatic amines is 1. The van der Waals surface area contributed by atoms with Crippen LogP contribution in [0, 0.1) is 0 Å². The molecule has 0 saturated heterocycles. The molecule has 0 spiro atoms. The predicted octanol–water partition coefficient (Wildman–Crippen LogP) is 5.90. The van der Waals surface area contributed by atoms with Gasteiger partial charge in [-0.1, -0.05) is 103 Å². The topological polar surface area (TPSA) is 131 Å². The number of unbranched alkanes of at least 4 members (excludes halogenated alkanes) is 15. The summed E-state index contributed by atoms with van der Waals surface area (Å²) < 4.78 is 22.7. The molecule has 1 aromatic rings. The Morgan fingerprint density at radius 1 is 0.737 bits per heavy atom. The molecule has 9 nitrogen and oxygen atoms in total. The second kappa shape index (κ2) is 22.6. The Morgan fingerprint density at radius 3 is 1.76 bits per heavy atom. The van der Waals surface area contributed by atoms with Crippen LogP contribution < -0.4 is 11.2 Å². The van der Waals surface area contributed by atoms with E-state index in [0.29, 0.717) is 25.0 Å². The summed E-state index contributed by atoms with van der Waals surface area (Å²) in [6.07, 6.45) is 23.4. The van der Waals surface area contributed by atoms with E-state index in [9.17, 15) is 14.2 Å². The van der Waals surface area contributed by atoms with E-state index in [2.05, 4.69) is 11.9 Å². The molecule has 38 heavy (non-hydrogen) atoms. The van der Waals surface area contributed by atoms with E-state index < -0.39 is 25.2 Å². The number of H-pyrrole nitrogens is 1. The van der Waals surface area contributed by atoms with Crippen molar-refractivity contribution >= 4 is 7.60 Å². The van der Waals surface area contributed by atoms with Gasteiger partial charge in [0.05, 0.1) is 13.2 Å². The smallest absolute Gasteiger partial charge is 0.350 e. The second-order valence-electron chi connectivity index (χ2n) is 10.3. The first-order valence-electron chi connectivity index (χ1n) is 14.9. The first-order valence-corrected chi connectivity index (χ1v) is 16.7. The fraction of sp³-hybridized carbons (Fsp3) is 0.857. The second-order valence-corrected chi connectivity index (χ2v) is 11.9. The first kappa shape index (κ1) is 34.8. The predicted molar refractivity (Wildman–Crippen MR) is 153 cm³/mol. The number of rotatable bonds is 26. The molecule has 10 heteroatoms. The number of ether oxygens (including phenoxy) is 2. The molecule has 0 saturated carbocycles. The number of aromatic nitrogens is 2. The van der Waals surface area contributed by atoms with E-state index in [4.69, 9.17) is 19.3 Å². The third-order valence-electron chi connectivity index (χ3n) is 6.70. The molecule has 1 heterocycles. The maximum atomic E-state index is 12.0. The molecule has 0 unspecified atom stereocenters. The average Bonchev–Trinajstić information content (AvgIpc) is 2.86. The molecule has 0 fully saturated rings. The maximum absolute atomic E-state index is 12.0. The zero-order chi connectivity index (χ0) is 27.9. The van der Waals surface area contributed by atoms with Crippen LogP contribution in [-0.2, 0) is 27.0 Å². The minimum atomic E-state index is -4.24. The molecule has 0 atom stereocenters. The summed E-state index contributed by atoms with van der Waals surface area (Å²) in [5.41, 5.74) is -0.510. The molecule has 0 bridgehead atoms. The monoisotopic (exact) mass is 560 g/mol. The van der Waals surface area contributed by atoms with E-state index in [1.165, 1.54) is 107 Å². The van der Waals surface area contributed by atoms with Crippen molar-refractivity contribution in [2.45, 2.75) is 129 Å². The van der Waals surface area contributed by atoms with Crippen molar-refractivity contribution < 1.29 is 23.8 Å². The van der Waals surface area contributed by atoms with Gasteiger partial charge in [-0.05, 0) is 19.3 Å². The van der Waals surface area contributed by atoms with Crippen molar-refractivity contribution in [1.29, 1.82) is 0 Å². The van der Waals surface area contributed by atoms with E-state index >= 15 is 0 Å². The summed E-state index contributed by atoms with van der Waals surface area (Å²) in [5, 5.41) is 0. The summed E-state index contributed by atoms with van der Waals surface area (Å²) in [4.78, 5) is 43.8. The molecule has 1 rings (SSSR count). The van der Waals surface area contributed by atoms with Gasteiger partial charge in [0.1, 0.15) is 6.35 Å². The highest BCUT2D eigenvalue weighted by atomic mass is 31.2. The van der Waals surface area contributed by atoms with Crippen LogP contribution in [0.2, 0.25) is 0 Å². The van der Waals surface area contributed by atoms with Gasteiger partial charge in [0.2, 0.25) is 0 Å². The van der Waals surface area contributed by atoms with Gasteiger partial charge in [-0.3, -0.25) is 18.9 Å². The van der Waals surface area contributed by atoms with Crippen molar-refractivity contribution in [2.24, 2.45) is 0 Å². The molecular formula is C28H53N2O7P. The summed E-state index contributed by atoms with van der Waals surface area (Å²) in [7, 11) is -4.24. The molecule has 0 aliphatic rings. The van der Waals surface area contributed by atoms with E-state index in [0.717, 1.165) is 13.0 Å². The summed E-state index contributed by atoms with van der Waals surface area (Å²) in [6.45, 7) is 3.61. The first-order chi connectivity index (χ1) is 18.3. The van der Waals surface area contributed by atoms with Crippen molar-refractivity contribution in [2.75, 3.05) is 26.2 Å². The molecule has 0 aromatic carbocycles. The normalized spacial score (nSPS) is 11.9. The maximum Gasteiger partial charge on any atom is 0.350 e. The Kier molecular flexibility index (Phi) is 20.6. The largest absolute Gasteiger partial charge is 0.381 e. The van der Waals surface area contributed by atoms with Gasteiger partial charge < -0.3 is 19.3 Å². The average molecular weight is 561 g/mol. The van der Waals surface area contributed by atoms with Crippen LogP contribution in [0.5, 0.6) is 0 Å². The SMILES string of the molecule is CCCCCCCCCCCCCCCCCCOCCCc1cn(CCOCP(=O)(O)O)c(=O)[nH]c1=O. The number of hydrogen-bond donors (Lipinski definition) is 3. The highest BCUT2D eigenvalue weighted by Gasteiger charge is 2.12. The molecule has 3 N–H and O–H groups in total. The zero-order valence-electron chi connectivity index (χ0n) is 23.7. The molecule has 222 valence electrons. The summed E-state index contributed by atoms with van der Waals surface area (Å²) in [6, 6.07) is 0. The minimum absolute atomic E-state index is 0.0427. The number of aryl methyl sites for hydroxylation is 1. The highest BCUT2D eigenvalue weighted by Crippen LogP contribution is 2.33. The van der Waals surface area contributed by atoms with Crippen LogP contribution in [0.25, 0.3) is 0 Å². The van der Waals surface area contributed by atoms with Gasteiger partial charge in [0, 0.05) is 25.0 Å². The lowest BCUT2D eigenvalue weighted by atomic mass is 10.0. The lowest BCUT2D eigenvalue weighted by Gasteiger charge is -2.09. The van der Waals surface area contributed by atoms with E-state index in [-0.39, 0.29) is 13.2 Å². The van der Waals surface area contributed by atoms with Gasteiger partial charge in [0.25, 0.3) is 5.56 Å². The third kappa shape index (κ3) is 19.8. The standard InChI is InChI=1S/C28H53N2O7P/c1-2-3-4-5-6-7-8-9-10-11-12-13-14-15-16-17-21-36-22-18-19-26-24-30(28(32)29-27(26)31)20-23-37-25-38(33,34)35/h24H,2-23,25H2,1H3,(H,29,31,32)(H2,33,34,35). The van der Waals surface area contributed by atoms with Crippen LogP contribution in [0.15, 0.2) is 15.8 Å². The molecule has 1 aromatic heterocycles. The van der Waals surface area contributed by atoms with Crippen LogP contribution in [0.4, 0.5) is 0 Å². The number of hydrogen-bond acceptors (Lipinski definition) is 5. The Labute approximate surface area is 228 Å². The van der Waals surface area contributed by atoms with Crippen LogP contribution >= 0.6 is 7.60 Å². The number of nitrogens with zero attached hydrogens (tertiary/aromatic N) is 1.